The number of hydrogen-bond acceptors (Lipinski definition) is 2. The second-order valence-electron chi connectivity index (χ2n) is 5.34. The van der Waals surface area contributed by atoms with E-state index in [9.17, 15) is 0 Å². The molecule has 106 valence electrons. The number of aromatic nitrogens is 1. The highest BCUT2D eigenvalue weighted by Gasteiger charge is 2.08. The largest absolute Gasteiger partial charge is 0.457 e. The van der Waals surface area contributed by atoms with Crippen molar-refractivity contribution in [2.45, 2.75) is 39.5 Å². The van der Waals surface area contributed by atoms with Gasteiger partial charge in [-0.25, -0.2) is 0 Å². The molecule has 0 N–H and O–H groups in total. The lowest BCUT2D eigenvalue weighted by Crippen LogP contribution is -1.95. The molecule has 0 bridgehead atoms. The van der Waals surface area contributed by atoms with Gasteiger partial charge < -0.3 is 4.74 Å². The van der Waals surface area contributed by atoms with Gasteiger partial charge in [0.05, 0.1) is 5.88 Å². The van der Waals surface area contributed by atoms with Crippen LogP contribution in [0.4, 0.5) is 0 Å². The highest BCUT2D eigenvalue weighted by Crippen LogP contribution is 2.29. The van der Waals surface area contributed by atoms with E-state index in [0.717, 1.165) is 22.8 Å². The lowest BCUT2D eigenvalue weighted by Gasteiger charge is -2.14. The normalized spacial score (nSPS) is 10.9. The van der Waals surface area contributed by atoms with Crippen LogP contribution in [0, 0.1) is 13.8 Å². The predicted octanol–water partition coefficient (Wildman–Crippen LogP) is 5.35. The van der Waals surface area contributed by atoms with Gasteiger partial charge in [0.2, 0.25) is 0 Å². The van der Waals surface area contributed by atoms with Crippen molar-refractivity contribution in [1.82, 2.24) is 4.98 Å². The van der Waals surface area contributed by atoms with Crippen molar-refractivity contribution in [3.8, 4) is 11.5 Å². The molecule has 2 aromatic rings. The molecule has 1 heterocycles. The van der Waals surface area contributed by atoms with Gasteiger partial charge >= 0.3 is 0 Å². The lowest BCUT2D eigenvalue weighted by molar-refractivity contribution is 0.476. The summed E-state index contributed by atoms with van der Waals surface area (Å²) in [4.78, 5) is 4.24. The Balaban J connectivity index is 2.31. The summed E-state index contributed by atoms with van der Waals surface area (Å²) in [7, 11) is 0. The van der Waals surface area contributed by atoms with E-state index in [0.29, 0.717) is 11.8 Å². The van der Waals surface area contributed by atoms with E-state index in [4.69, 9.17) is 16.3 Å². The summed E-state index contributed by atoms with van der Waals surface area (Å²) in [5.41, 5.74) is 4.42. The maximum atomic E-state index is 5.97. The highest BCUT2D eigenvalue weighted by molar-refractivity contribution is 6.17. The van der Waals surface area contributed by atoms with Crippen molar-refractivity contribution in [3.63, 3.8) is 0 Å². The van der Waals surface area contributed by atoms with Crippen LogP contribution in [0.2, 0.25) is 0 Å². The number of benzene rings is 1. The van der Waals surface area contributed by atoms with E-state index in [1.54, 1.807) is 6.20 Å². The number of ether oxygens (including phenoxy) is 1. The Morgan fingerprint density at radius 2 is 1.95 bits per heavy atom. The van der Waals surface area contributed by atoms with Crippen LogP contribution in [-0.2, 0) is 5.88 Å². The molecule has 0 saturated carbocycles. The van der Waals surface area contributed by atoms with Crippen LogP contribution < -0.4 is 4.74 Å². The third-order valence-electron chi connectivity index (χ3n) is 3.32. The standard InChI is InChI=1S/C17H20ClNO/c1-11(2)16-6-5-15(7-12(16)3)20-17-8-13(4)19-10-14(17)9-18/h5-8,10-11H,9H2,1-4H3. The summed E-state index contributed by atoms with van der Waals surface area (Å²) in [6.07, 6.45) is 1.77. The van der Waals surface area contributed by atoms with E-state index in [1.165, 1.54) is 11.1 Å². The molecule has 0 unspecified atom stereocenters. The molecule has 2 rings (SSSR count). The zero-order valence-corrected chi connectivity index (χ0v) is 13.2. The molecule has 0 amide bonds. The summed E-state index contributed by atoms with van der Waals surface area (Å²) >= 11 is 5.93. The molecule has 1 aromatic carbocycles. The minimum atomic E-state index is 0.395. The van der Waals surface area contributed by atoms with Gasteiger partial charge in [-0.2, -0.15) is 0 Å². The van der Waals surface area contributed by atoms with Crippen molar-refractivity contribution in [2.24, 2.45) is 0 Å². The first-order valence-electron chi connectivity index (χ1n) is 6.81. The zero-order valence-electron chi connectivity index (χ0n) is 12.4. The van der Waals surface area contributed by atoms with Gasteiger partial charge in [-0.15, -0.1) is 11.6 Å². The minimum absolute atomic E-state index is 0.395. The van der Waals surface area contributed by atoms with Crippen LogP contribution in [0.25, 0.3) is 0 Å². The van der Waals surface area contributed by atoms with Crippen molar-refractivity contribution in [1.29, 1.82) is 0 Å². The van der Waals surface area contributed by atoms with Crippen molar-refractivity contribution in [3.05, 3.63) is 52.8 Å². The first-order chi connectivity index (χ1) is 9.51. The smallest absolute Gasteiger partial charge is 0.135 e. The number of halogens is 1. The Labute approximate surface area is 125 Å². The lowest BCUT2D eigenvalue weighted by atomic mass is 9.98. The van der Waals surface area contributed by atoms with Crippen LogP contribution >= 0.6 is 11.6 Å². The third kappa shape index (κ3) is 3.31. The Kier molecular flexibility index (Phi) is 4.66. The fraction of sp³-hybridized carbons (Fsp3) is 0.353. The number of alkyl halides is 1. The van der Waals surface area contributed by atoms with E-state index in [2.05, 4.69) is 37.9 Å². The van der Waals surface area contributed by atoms with Crippen LogP contribution in [0.5, 0.6) is 11.5 Å². The summed E-state index contributed by atoms with van der Waals surface area (Å²) in [5, 5.41) is 0. The molecule has 0 saturated heterocycles. The molecule has 0 aliphatic heterocycles. The Hall–Kier alpha value is -1.54. The van der Waals surface area contributed by atoms with Crippen LogP contribution in [0.1, 0.15) is 42.1 Å². The fourth-order valence-corrected chi connectivity index (χ4v) is 2.45. The third-order valence-corrected chi connectivity index (χ3v) is 3.60. The van der Waals surface area contributed by atoms with Gasteiger partial charge in [0.1, 0.15) is 11.5 Å². The van der Waals surface area contributed by atoms with Gasteiger partial charge in [0.25, 0.3) is 0 Å². The summed E-state index contributed by atoms with van der Waals surface area (Å²) in [6.45, 7) is 8.45. The maximum absolute atomic E-state index is 5.97. The molecule has 1 aromatic heterocycles. The Morgan fingerprint density at radius 3 is 2.55 bits per heavy atom. The topological polar surface area (TPSA) is 22.1 Å². The molecular weight excluding hydrogens is 270 g/mol. The van der Waals surface area contributed by atoms with Crippen LogP contribution in [0.15, 0.2) is 30.5 Å². The fourth-order valence-electron chi connectivity index (χ4n) is 2.24. The second kappa shape index (κ2) is 6.27. The first kappa shape index (κ1) is 14.9. The monoisotopic (exact) mass is 289 g/mol. The molecule has 0 aliphatic rings. The Morgan fingerprint density at radius 1 is 1.20 bits per heavy atom. The van der Waals surface area contributed by atoms with Gasteiger partial charge in [-0.1, -0.05) is 19.9 Å². The van der Waals surface area contributed by atoms with E-state index < -0.39 is 0 Å². The SMILES string of the molecule is Cc1cc(Oc2ccc(C(C)C)c(C)c2)c(CCl)cn1. The predicted molar refractivity (Wildman–Crippen MR) is 83.9 cm³/mol. The van der Waals surface area contributed by atoms with Crippen molar-refractivity contribution < 1.29 is 4.74 Å². The second-order valence-corrected chi connectivity index (χ2v) is 5.61. The molecule has 2 nitrogen and oxygen atoms in total. The summed E-state index contributed by atoms with van der Waals surface area (Å²) in [5.74, 6) is 2.53. The Bertz CT molecular complexity index is 608. The van der Waals surface area contributed by atoms with Gasteiger partial charge in [0.15, 0.2) is 0 Å². The molecule has 0 radical (unpaired) electrons. The molecule has 0 atom stereocenters. The average Bonchev–Trinajstić information content (AvgIpc) is 2.38. The van der Waals surface area contributed by atoms with E-state index >= 15 is 0 Å². The summed E-state index contributed by atoms with van der Waals surface area (Å²) in [6, 6.07) is 8.13. The van der Waals surface area contributed by atoms with Crippen LogP contribution in [0.3, 0.4) is 0 Å². The highest BCUT2D eigenvalue weighted by atomic mass is 35.5. The van der Waals surface area contributed by atoms with Gasteiger partial charge in [0, 0.05) is 23.5 Å². The first-order valence-corrected chi connectivity index (χ1v) is 7.34. The molecule has 0 spiro atoms. The number of rotatable bonds is 4. The zero-order chi connectivity index (χ0) is 14.7. The van der Waals surface area contributed by atoms with Crippen molar-refractivity contribution >= 4 is 11.6 Å². The molecule has 0 fully saturated rings. The molecule has 0 aliphatic carbocycles. The van der Waals surface area contributed by atoms with Crippen molar-refractivity contribution in [2.75, 3.05) is 0 Å². The molecule has 20 heavy (non-hydrogen) atoms. The summed E-state index contributed by atoms with van der Waals surface area (Å²) < 4.78 is 5.97. The van der Waals surface area contributed by atoms with Crippen LogP contribution in [-0.4, -0.2) is 4.98 Å². The quantitative estimate of drug-likeness (QED) is 0.708. The molecular formula is C17H20ClNO. The van der Waals surface area contributed by atoms with E-state index in [1.807, 2.05) is 19.1 Å². The minimum Gasteiger partial charge on any atom is -0.457 e. The number of pyridine rings is 1. The van der Waals surface area contributed by atoms with Gasteiger partial charge in [-0.05, 0) is 43.0 Å². The number of aryl methyl sites for hydroxylation is 2. The number of nitrogens with zero attached hydrogens (tertiary/aromatic N) is 1. The number of hydrogen-bond donors (Lipinski definition) is 0. The average molecular weight is 290 g/mol. The van der Waals surface area contributed by atoms with Gasteiger partial charge in [-0.3, -0.25) is 4.98 Å². The maximum Gasteiger partial charge on any atom is 0.135 e. The van der Waals surface area contributed by atoms with E-state index in [-0.39, 0.29) is 0 Å². The molecule has 3 heteroatoms.